The summed E-state index contributed by atoms with van der Waals surface area (Å²) < 4.78 is 38.0. The third-order valence-corrected chi connectivity index (χ3v) is 3.74. The number of pyridine rings is 1. The Morgan fingerprint density at radius 3 is 2.65 bits per heavy atom. The van der Waals surface area contributed by atoms with Gasteiger partial charge in [-0.2, -0.15) is 13.2 Å². The fourth-order valence-corrected chi connectivity index (χ4v) is 2.57. The molecule has 1 fully saturated rings. The van der Waals surface area contributed by atoms with E-state index in [1.54, 1.807) is 12.4 Å². The zero-order chi connectivity index (χ0) is 14.6. The molecule has 1 aromatic rings. The Kier molecular flexibility index (Phi) is 4.86. The monoisotopic (exact) mass is 287 g/mol. The largest absolute Gasteiger partial charge is 0.391 e. The number of hydrogen-bond acceptors (Lipinski definition) is 3. The normalized spacial score (nSPS) is 17.5. The molecule has 112 valence electrons. The summed E-state index contributed by atoms with van der Waals surface area (Å²) in [5, 5.41) is 3.23. The maximum Gasteiger partial charge on any atom is 0.391 e. The highest BCUT2D eigenvalue weighted by molar-refractivity contribution is 5.52. The summed E-state index contributed by atoms with van der Waals surface area (Å²) in [5.41, 5.74) is 2.04. The van der Waals surface area contributed by atoms with E-state index < -0.39 is 12.1 Å². The van der Waals surface area contributed by atoms with Crippen molar-refractivity contribution in [3.63, 3.8) is 0 Å². The molecule has 1 aromatic heterocycles. The van der Waals surface area contributed by atoms with Crippen LogP contribution in [0.25, 0.3) is 0 Å². The second kappa shape index (κ2) is 6.43. The molecule has 1 saturated heterocycles. The van der Waals surface area contributed by atoms with E-state index in [9.17, 15) is 13.2 Å². The molecular weight excluding hydrogens is 267 g/mol. The van der Waals surface area contributed by atoms with Gasteiger partial charge in [-0.25, -0.2) is 0 Å². The SMILES string of the molecule is CCNCc1cnccc1N1CCC(C(F)(F)F)CC1. The number of hydrogen-bond donors (Lipinski definition) is 1. The van der Waals surface area contributed by atoms with Crippen LogP contribution in [0.15, 0.2) is 18.5 Å². The van der Waals surface area contributed by atoms with Crippen LogP contribution in [-0.2, 0) is 6.54 Å². The van der Waals surface area contributed by atoms with Crippen molar-refractivity contribution < 1.29 is 13.2 Å². The highest BCUT2D eigenvalue weighted by Crippen LogP contribution is 2.35. The predicted octanol–water partition coefficient (Wildman–Crippen LogP) is 2.97. The molecule has 0 aliphatic carbocycles. The molecule has 20 heavy (non-hydrogen) atoms. The number of halogens is 3. The van der Waals surface area contributed by atoms with Crippen molar-refractivity contribution in [3.05, 3.63) is 24.0 Å². The van der Waals surface area contributed by atoms with Crippen molar-refractivity contribution in [1.29, 1.82) is 0 Å². The number of aromatic nitrogens is 1. The second-order valence-corrected chi connectivity index (χ2v) is 5.09. The molecule has 2 rings (SSSR count). The van der Waals surface area contributed by atoms with Crippen LogP contribution in [0.4, 0.5) is 18.9 Å². The number of anilines is 1. The lowest BCUT2D eigenvalue weighted by atomic mass is 9.95. The summed E-state index contributed by atoms with van der Waals surface area (Å²) in [6.07, 6.45) is -0.232. The van der Waals surface area contributed by atoms with E-state index in [-0.39, 0.29) is 12.8 Å². The third kappa shape index (κ3) is 3.62. The average molecular weight is 287 g/mol. The van der Waals surface area contributed by atoms with Gasteiger partial charge in [-0.05, 0) is 25.5 Å². The van der Waals surface area contributed by atoms with Crippen molar-refractivity contribution in [2.45, 2.75) is 32.5 Å². The molecule has 0 bridgehead atoms. The first-order chi connectivity index (χ1) is 9.52. The number of nitrogens with zero attached hydrogens (tertiary/aromatic N) is 2. The fraction of sp³-hybridized carbons (Fsp3) is 0.643. The Balaban J connectivity index is 2.03. The topological polar surface area (TPSA) is 28.2 Å². The van der Waals surface area contributed by atoms with Crippen molar-refractivity contribution >= 4 is 5.69 Å². The highest BCUT2D eigenvalue weighted by Gasteiger charge is 2.41. The Labute approximate surface area is 117 Å². The number of rotatable bonds is 4. The molecule has 1 aliphatic heterocycles. The lowest BCUT2D eigenvalue weighted by Crippen LogP contribution is -2.39. The van der Waals surface area contributed by atoms with E-state index in [2.05, 4.69) is 10.3 Å². The average Bonchev–Trinajstić information content (AvgIpc) is 2.45. The first-order valence-electron chi connectivity index (χ1n) is 6.97. The van der Waals surface area contributed by atoms with E-state index in [1.807, 2.05) is 17.9 Å². The summed E-state index contributed by atoms with van der Waals surface area (Å²) >= 11 is 0. The van der Waals surface area contributed by atoms with E-state index in [0.717, 1.165) is 17.8 Å². The van der Waals surface area contributed by atoms with Gasteiger partial charge in [0.05, 0.1) is 5.92 Å². The second-order valence-electron chi connectivity index (χ2n) is 5.09. The Morgan fingerprint density at radius 2 is 2.05 bits per heavy atom. The number of piperidine rings is 1. The standard InChI is InChI=1S/C14H20F3N3/c1-2-18-9-11-10-19-6-3-13(11)20-7-4-12(5-8-20)14(15,16)17/h3,6,10,12,18H,2,4-5,7-9H2,1H3. The minimum Gasteiger partial charge on any atom is -0.371 e. The molecule has 0 radical (unpaired) electrons. The molecule has 0 atom stereocenters. The smallest absolute Gasteiger partial charge is 0.371 e. The molecule has 0 saturated carbocycles. The predicted molar refractivity (Wildman–Crippen MR) is 72.6 cm³/mol. The van der Waals surface area contributed by atoms with Crippen molar-refractivity contribution in [2.75, 3.05) is 24.5 Å². The van der Waals surface area contributed by atoms with Crippen LogP contribution in [0.5, 0.6) is 0 Å². The van der Waals surface area contributed by atoms with Gasteiger partial charge in [-0.3, -0.25) is 4.98 Å². The van der Waals surface area contributed by atoms with Gasteiger partial charge in [0.1, 0.15) is 0 Å². The zero-order valence-electron chi connectivity index (χ0n) is 11.6. The maximum absolute atomic E-state index is 12.7. The first-order valence-corrected chi connectivity index (χ1v) is 6.97. The summed E-state index contributed by atoms with van der Waals surface area (Å²) in [4.78, 5) is 6.14. The minimum atomic E-state index is -4.06. The molecule has 0 aromatic carbocycles. The quantitative estimate of drug-likeness (QED) is 0.923. The van der Waals surface area contributed by atoms with Gasteiger partial charge in [-0.15, -0.1) is 0 Å². The van der Waals surface area contributed by atoms with Crippen LogP contribution in [0.2, 0.25) is 0 Å². The van der Waals surface area contributed by atoms with Crippen LogP contribution in [0.3, 0.4) is 0 Å². The molecular formula is C14H20F3N3. The van der Waals surface area contributed by atoms with Gasteiger partial charge in [0.15, 0.2) is 0 Å². The Hall–Kier alpha value is -1.30. The van der Waals surface area contributed by atoms with Crippen molar-refractivity contribution in [1.82, 2.24) is 10.3 Å². The molecule has 0 amide bonds. The van der Waals surface area contributed by atoms with Crippen molar-refractivity contribution in [3.8, 4) is 0 Å². The van der Waals surface area contributed by atoms with Crippen LogP contribution in [-0.4, -0.2) is 30.8 Å². The zero-order valence-corrected chi connectivity index (χ0v) is 11.6. The van der Waals surface area contributed by atoms with Crippen LogP contribution in [0, 0.1) is 5.92 Å². The number of alkyl halides is 3. The lowest BCUT2D eigenvalue weighted by molar-refractivity contribution is -0.179. The maximum atomic E-state index is 12.7. The van der Waals surface area contributed by atoms with Crippen LogP contribution in [0.1, 0.15) is 25.3 Å². The Morgan fingerprint density at radius 1 is 1.35 bits per heavy atom. The summed E-state index contributed by atoms with van der Waals surface area (Å²) in [6.45, 7) is 4.47. The molecule has 3 nitrogen and oxygen atoms in total. The fourth-order valence-electron chi connectivity index (χ4n) is 2.57. The van der Waals surface area contributed by atoms with E-state index in [1.165, 1.54) is 0 Å². The Bertz CT molecular complexity index is 426. The first kappa shape index (κ1) is 15.1. The molecule has 0 unspecified atom stereocenters. The van der Waals surface area contributed by atoms with Gasteiger partial charge < -0.3 is 10.2 Å². The third-order valence-electron chi connectivity index (χ3n) is 3.74. The molecule has 1 aliphatic rings. The van der Waals surface area contributed by atoms with Gasteiger partial charge >= 0.3 is 6.18 Å². The number of nitrogens with one attached hydrogen (secondary N) is 1. The van der Waals surface area contributed by atoms with Gasteiger partial charge in [0.2, 0.25) is 0 Å². The van der Waals surface area contributed by atoms with Crippen LogP contribution < -0.4 is 10.2 Å². The van der Waals surface area contributed by atoms with E-state index in [0.29, 0.717) is 19.6 Å². The molecule has 2 heterocycles. The van der Waals surface area contributed by atoms with E-state index >= 15 is 0 Å². The van der Waals surface area contributed by atoms with Gasteiger partial charge in [0.25, 0.3) is 0 Å². The summed E-state index contributed by atoms with van der Waals surface area (Å²) in [7, 11) is 0. The highest BCUT2D eigenvalue weighted by atomic mass is 19.4. The molecule has 6 heteroatoms. The lowest BCUT2D eigenvalue weighted by Gasteiger charge is -2.35. The minimum absolute atomic E-state index is 0.173. The van der Waals surface area contributed by atoms with Gasteiger partial charge in [-0.1, -0.05) is 6.92 Å². The molecule has 1 N–H and O–H groups in total. The van der Waals surface area contributed by atoms with Gasteiger partial charge in [0, 0.05) is 43.3 Å². The van der Waals surface area contributed by atoms with Crippen LogP contribution >= 0.6 is 0 Å². The van der Waals surface area contributed by atoms with E-state index in [4.69, 9.17) is 0 Å². The summed E-state index contributed by atoms with van der Waals surface area (Å²) in [5.74, 6) is -1.15. The summed E-state index contributed by atoms with van der Waals surface area (Å²) in [6, 6.07) is 1.89. The van der Waals surface area contributed by atoms with Crippen molar-refractivity contribution in [2.24, 2.45) is 5.92 Å². The molecule has 0 spiro atoms.